The molecule has 1 atom stereocenters. The number of rotatable bonds is 4. The second-order valence-corrected chi connectivity index (χ2v) is 6.33. The van der Waals surface area contributed by atoms with Crippen molar-refractivity contribution >= 4 is 17.5 Å². The molecule has 0 radical (unpaired) electrons. The highest BCUT2D eigenvalue weighted by Crippen LogP contribution is 2.25. The number of aryl methyl sites for hydroxylation is 1. The molecule has 1 aliphatic rings. The SMILES string of the molecule is Cn1cnc(C(=O)N2CCC[C@@H](COc3ccccc3Cl)C2)c1. The van der Waals surface area contributed by atoms with E-state index < -0.39 is 0 Å². The number of piperidine rings is 1. The van der Waals surface area contributed by atoms with Crippen LogP contribution in [-0.2, 0) is 7.05 Å². The number of benzene rings is 1. The van der Waals surface area contributed by atoms with E-state index in [1.54, 1.807) is 17.1 Å². The Hall–Kier alpha value is -2.01. The van der Waals surface area contributed by atoms with E-state index in [0.717, 1.165) is 19.4 Å². The predicted molar refractivity (Wildman–Crippen MR) is 88.8 cm³/mol. The highest BCUT2D eigenvalue weighted by molar-refractivity contribution is 6.32. The van der Waals surface area contributed by atoms with Gasteiger partial charge in [0.15, 0.2) is 0 Å². The smallest absolute Gasteiger partial charge is 0.274 e. The van der Waals surface area contributed by atoms with E-state index in [2.05, 4.69) is 4.98 Å². The zero-order valence-corrected chi connectivity index (χ0v) is 13.9. The van der Waals surface area contributed by atoms with Gasteiger partial charge in [0.1, 0.15) is 11.4 Å². The molecule has 0 saturated carbocycles. The summed E-state index contributed by atoms with van der Waals surface area (Å²) in [4.78, 5) is 18.5. The summed E-state index contributed by atoms with van der Waals surface area (Å²) >= 11 is 6.10. The number of carbonyl (C=O) groups is 1. The fraction of sp³-hybridized carbons (Fsp3) is 0.412. The van der Waals surface area contributed by atoms with Crippen LogP contribution >= 0.6 is 11.6 Å². The molecule has 1 aromatic heterocycles. The van der Waals surface area contributed by atoms with Crippen molar-refractivity contribution in [2.45, 2.75) is 12.8 Å². The van der Waals surface area contributed by atoms with Gasteiger partial charge < -0.3 is 14.2 Å². The first-order valence-corrected chi connectivity index (χ1v) is 8.16. The summed E-state index contributed by atoms with van der Waals surface area (Å²) in [6.07, 6.45) is 5.44. The second kappa shape index (κ2) is 7.04. The van der Waals surface area contributed by atoms with Crippen LogP contribution in [0, 0.1) is 5.92 Å². The Kier molecular flexibility index (Phi) is 4.86. The second-order valence-electron chi connectivity index (χ2n) is 5.93. The zero-order chi connectivity index (χ0) is 16.2. The number of carbonyl (C=O) groups excluding carboxylic acids is 1. The van der Waals surface area contributed by atoms with E-state index in [9.17, 15) is 4.79 Å². The molecule has 0 spiro atoms. The Morgan fingerprint density at radius 3 is 3.00 bits per heavy atom. The van der Waals surface area contributed by atoms with Crippen LogP contribution in [0.25, 0.3) is 0 Å². The van der Waals surface area contributed by atoms with Crippen LogP contribution in [-0.4, -0.2) is 40.1 Å². The van der Waals surface area contributed by atoms with E-state index in [0.29, 0.717) is 35.5 Å². The summed E-state index contributed by atoms with van der Waals surface area (Å²) in [6, 6.07) is 7.46. The van der Waals surface area contributed by atoms with Gasteiger partial charge in [-0.05, 0) is 25.0 Å². The van der Waals surface area contributed by atoms with E-state index in [-0.39, 0.29) is 5.91 Å². The van der Waals surface area contributed by atoms with Crippen molar-refractivity contribution in [3.63, 3.8) is 0 Å². The molecule has 5 nitrogen and oxygen atoms in total. The maximum Gasteiger partial charge on any atom is 0.274 e. The molecule has 1 fully saturated rings. The molecular weight excluding hydrogens is 314 g/mol. The lowest BCUT2D eigenvalue weighted by atomic mass is 9.98. The van der Waals surface area contributed by atoms with Crippen LogP contribution in [0.1, 0.15) is 23.3 Å². The number of ether oxygens (including phenoxy) is 1. The fourth-order valence-corrected chi connectivity index (χ4v) is 3.03. The van der Waals surface area contributed by atoms with Crippen molar-refractivity contribution in [3.8, 4) is 5.75 Å². The van der Waals surface area contributed by atoms with Gasteiger partial charge in [-0.15, -0.1) is 0 Å². The minimum absolute atomic E-state index is 0.00644. The Balaban J connectivity index is 1.58. The molecule has 1 aliphatic heterocycles. The Morgan fingerprint density at radius 1 is 1.43 bits per heavy atom. The van der Waals surface area contributed by atoms with Gasteiger partial charge in [0, 0.05) is 32.3 Å². The largest absolute Gasteiger partial charge is 0.492 e. The first kappa shape index (κ1) is 15.9. The first-order valence-electron chi connectivity index (χ1n) is 7.78. The number of aromatic nitrogens is 2. The third-order valence-electron chi connectivity index (χ3n) is 4.04. The van der Waals surface area contributed by atoms with Crippen molar-refractivity contribution in [2.75, 3.05) is 19.7 Å². The standard InChI is InChI=1S/C17H20ClN3O2/c1-20-10-15(19-12-20)17(22)21-8-4-5-13(9-21)11-23-16-7-3-2-6-14(16)18/h2-3,6-7,10,12-13H,4-5,8-9,11H2,1H3/t13-/m1/s1. The molecule has 1 saturated heterocycles. The number of imidazole rings is 1. The van der Waals surface area contributed by atoms with Crippen LogP contribution in [0.15, 0.2) is 36.8 Å². The molecule has 0 bridgehead atoms. The lowest BCUT2D eigenvalue weighted by Gasteiger charge is -2.32. The van der Waals surface area contributed by atoms with Gasteiger partial charge in [-0.1, -0.05) is 23.7 Å². The minimum atomic E-state index is -0.00644. The molecule has 0 N–H and O–H groups in total. The first-order chi connectivity index (χ1) is 11.1. The fourth-order valence-electron chi connectivity index (χ4n) is 2.84. The minimum Gasteiger partial charge on any atom is -0.492 e. The van der Waals surface area contributed by atoms with E-state index in [1.165, 1.54) is 0 Å². The quantitative estimate of drug-likeness (QED) is 0.864. The van der Waals surface area contributed by atoms with Gasteiger partial charge in [0.05, 0.1) is 18.0 Å². The number of nitrogens with zero attached hydrogens (tertiary/aromatic N) is 3. The topological polar surface area (TPSA) is 47.4 Å². The van der Waals surface area contributed by atoms with Gasteiger partial charge in [-0.3, -0.25) is 4.79 Å². The molecule has 2 aromatic rings. The number of hydrogen-bond donors (Lipinski definition) is 0. The van der Waals surface area contributed by atoms with Crippen molar-refractivity contribution in [1.29, 1.82) is 0 Å². The van der Waals surface area contributed by atoms with Gasteiger partial charge in [-0.25, -0.2) is 4.98 Å². The Bertz CT molecular complexity index is 686. The van der Waals surface area contributed by atoms with Crippen molar-refractivity contribution in [3.05, 3.63) is 47.5 Å². The van der Waals surface area contributed by atoms with Crippen molar-refractivity contribution in [2.24, 2.45) is 13.0 Å². The van der Waals surface area contributed by atoms with Crippen LogP contribution < -0.4 is 4.74 Å². The lowest BCUT2D eigenvalue weighted by Crippen LogP contribution is -2.41. The molecular formula is C17H20ClN3O2. The van der Waals surface area contributed by atoms with Gasteiger partial charge in [0.25, 0.3) is 5.91 Å². The molecule has 1 aromatic carbocycles. The van der Waals surface area contributed by atoms with Gasteiger partial charge in [0.2, 0.25) is 0 Å². The number of amides is 1. The Morgan fingerprint density at radius 2 is 2.26 bits per heavy atom. The average Bonchev–Trinajstić information content (AvgIpc) is 3.00. The third kappa shape index (κ3) is 3.85. The molecule has 6 heteroatoms. The molecule has 1 amide bonds. The summed E-state index contributed by atoms with van der Waals surface area (Å²) in [5.74, 6) is 1.00. The summed E-state index contributed by atoms with van der Waals surface area (Å²) in [5, 5.41) is 0.615. The van der Waals surface area contributed by atoms with Crippen LogP contribution in [0.2, 0.25) is 5.02 Å². The molecule has 23 heavy (non-hydrogen) atoms. The van der Waals surface area contributed by atoms with E-state index >= 15 is 0 Å². The predicted octanol–water partition coefficient (Wildman–Crippen LogP) is 3.00. The molecule has 0 unspecified atom stereocenters. The highest BCUT2D eigenvalue weighted by Gasteiger charge is 2.26. The third-order valence-corrected chi connectivity index (χ3v) is 4.35. The monoisotopic (exact) mass is 333 g/mol. The number of halogens is 1. The maximum absolute atomic E-state index is 12.5. The van der Waals surface area contributed by atoms with Crippen molar-refractivity contribution in [1.82, 2.24) is 14.5 Å². The summed E-state index contributed by atoms with van der Waals surface area (Å²) in [6.45, 7) is 2.04. The van der Waals surface area contributed by atoms with Crippen LogP contribution in [0.4, 0.5) is 0 Å². The number of likely N-dealkylation sites (tertiary alicyclic amines) is 1. The molecule has 122 valence electrons. The van der Waals surface area contributed by atoms with E-state index in [1.807, 2.05) is 36.2 Å². The normalized spacial score (nSPS) is 18.0. The zero-order valence-electron chi connectivity index (χ0n) is 13.1. The number of hydrogen-bond acceptors (Lipinski definition) is 3. The summed E-state index contributed by atoms with van der Waals surface area (Å²) < 4.78 is 7.61. The average molecular weight is 334 g/mol. The van der Waals surface area contributed by atoms with Gasteiger partial charge in [-0.2, -0.15) is 0 Å². The molecule has 2 heterocycles. The number of para-hydroxylation sites is 1. The van der Waals surface area contributed by atoms with E-state index in [4.69, 9.17) is 16.3 Å². The molecule has 0 aliphatic carbocycles. The van der Waals surface area contributed by atoms with Crippen LogP contribution in [0.5, 0.6) is 5.75 Å². The lowest BCUT2D eigenvalue weighted by molar-refractivity contribution is 0.0628. The molecule has 3 rings (SSSR count). The maximum atomic E-state index is 12.5. The van der Waals surface area contributed by atoms with Gasteiger partial charge >= 0.3 is 0 Å². The Labute approximate surface area is 140 Å². The highest BCUT2D eigenvalue weighted by atomic mass is 35.5. The summed E-state index contributed by atoms with van der Waals surface area (Å²) in [5.41, 5.74) is 0.500. The van der Waals surface area contributed by atoms with Crippen molar-refractivity contribution < 1.29 is 9.53 Å². The van der Waals surface area contributed by atoms with Crippen LogP contribution in [0.3, 0.4) is 0 Å². The summed E-state index contributed by atoms with van der Waals surface area (Å²) in [7, 11) is 1.86.